The van der Waals surface area contributed by atoms with Crippen LogP contribution in [0.15, 0.2) is 217 Å². The summed E-state index contributed by atoms with van der Waals surface area (Å²) in [6.45, 7) is 0. The number of hydrogen-bond acceptors (Lipinski definition) is 2. The number of hydrogen-bond donors (Lipinski definition) is 0. The van der Waals surface area contributed by atoms with Crippen LogP contribution in [0, 0.1) is 0 Å². The van der Waals surface area contributed by atoms with Gasteiger partial charge in [-0.1, -0.05) is 109 Å². The molecule has 294 valence electrons. The van der Waals surface area contributed by atoms with Gasteiger partial charge in [0.05, 0.1) is 33.1 Å². The van der Waals surface area contributed by atoms with E-state index in [4.69, 9.17) is 9.40 Å². The molecular formula is C57H35N5O. The highest BCUT2D eigenvalue weighted by Gasteiger charge is 2.24. The van der Waals surface area contributed by atoms with Gasteiger partial charge in [0.15, 0.2) is 0 Å². The summed E-state index contributed by atoms with van der Waals surface area (Å²) in [5, 5.41) is 5.96. The molecule has 9 aromatic carbocycles. The van der Waals surface area contributed by atoms with Crippen molar-refractivity contribution in [3.63, 3.8) is 0 Å². The molecule has 0 unspecified atom stereocenters. The summed E-state index contributed by atoms with van der Waals surface area (Å²) in [7, 11) is 0. The average molecular weight is 806 g/mol. The summed E-state index contributed by atoms with van der Waals surface area (Å²) in [6.07, 6.45) is 0. The zero-order chi connectivity index (χ0) is 41.2. The first kappa shape index (κ1) is 34.1. The molecular weight excluding hydrogens is 771 g/mol. The van der Waals surface area contributed by atoms with Crippen LogP contribution in [0.3, 0.4) is 0 Å². The molecule has 6 heteroatoms. The molecule has 14 aromatic rings. The van der Waals surface area contributed by atoms with Crippen LogP contribution in [0.4, 0.5) is 0 Å². The maximum atomic E-state index is 6.58. The van der Waals surface area contributed by atoms with Crippen molar-refractivity contribution in [1.82, 2.24) is 23.1 Å². The molecule has 0 saturated heterocycles. The highest BCUT2D eigenvalue weighted by Crippen LogP contribution is 2.41. The predicted octanol–water partition coefficient (Wildman–Crippen LogP) is 14.7. The summed E-state index contributed by atoms with van der Waals surface area (Å²) in [4.78, 5) is 5.31. The van der Waals surface area contributed by atoms with Gasteiger partial charge >= 0.3 is 0 Å². The minimum Gasteiger partial charge on any atom is -0.437 e. The minimum absolute atomic E-state index is 0.789. The summed E-state index contributed by atoms with van der Waals surface area (Å²) in [5.41, 5.74) is 17.3. The van der Waals surface area contributed by atoms with E-state index in [-0.39, 0.29) is 0 Å². The number of para-hydroxylation sites is 5. The molecule has 0 spiro atoms. The van der Waals surface area contributed by atoms with Crippen LogP contribution in [0.1, 0.15) is 0 Å². The third-order valence-corrected chi connectivity index (χ3v) is 13.0. The number of nitrogens with zero attached hydrogens (tertiary/aromatic N) is 5. The summed E-state index contributed by atoms with van der Waals surface area (Å²) >= 11 is 0. The van der Waals surface area contributed by atoms with Crippen LogP contribution in [-0.2, 0) is 0 Å². The maximum Gasteiger partial charge on any atom is 0.232 e. The highest BCUT2D eigenvalue weighted by molar-refractivity contribution is 6.14. The van der Waals surface area contributed by atoms with Crippen molar-refractivity contribution in [2.75, 3.05) is 0 Å². The minimum atomic E-state index is 0.789. The number of furan rings is 1. The smallest absolute Gasteiger partial charge is 0.232 e. The van der Waals surface area contributed by atoms with Gasteiger partial charge in [0.1, 0.15) is 11.1 Å². The quantitative estimate of drug-likeness (QED) is 0.174. The zero-order valence-electron chi connectivity index (χ0n) is 33.9. The lowest BCUT2D eigenvalue weighted by Crippen LogP contribution is -1.94. The van der Waals surface area contributed by atoms with Crippen LogP contribution in [0.2, 0.25) is 0 Å². The Labute approximate surface area is 360 Å². The monoisotopic (exact) mass is 805 g/mol. The first-order chi connectivity index (χ1) is 31.2. The molecule has 0 bridgehead atoms. The third-order valence-electron chi connectivity index (χ3n) is 13.0. The fourth-order valence-electron chi connectivity index (χ4n) is 10.2. The lowest BCUT2D eigenvalue weighted by molar-refractivity contribution is 0.651. The average Bonchev–Trinajstić information content (AvgIpc) is 4.14. The van der Waals surface area contributed by atoms with E-state index in [0.717, 1.165) is 72.7 Å². The standard InChI is InChI=1S/C57H35N5O/c1-4-14-40(15-5-1)59-49-22-12-10-20-43(49)45-32-36(24-28-50(45)59)37-25-29-51-46(33-37)47-34-38(26-30-52(47)60(51)41-16-6-2-7-17-41)39-27-31-53-48(35-39)58-57-61(42-18-8-3-9-19-42)55-44-21-11-13-23-54(44)63-56(55)62(53)57/h1-35H. The first-order valence-electron chi connectivity index (χ1n) is 21.4. The fourth-order valence-corrected chi connectivity index (χ4v) is 10.2. The lowest BCUT2D eigenvalue weighted by atomic mass is 9.99. The maximum absolute atomic E-state index is 6.58. The van der Waals surface area contributed by atoms with Crippen LogP contribution in [0.5, 0.6) is 0 Å². The van der Waals surface area contributed by atoms with Crippen molar-refractivity contribution in [2.45, 2.75) is 0 Å². The second-order valence-electron chi connectivity index (χ2n) is 16.4. The van der Waals surface area contributed by atoms with Crippen LogP contribution in [0.25, 0.3) is 122 Å². The Morgan fingerprint density at radius 1 is 0.333 bits per heavy atom. The van der Waals surface area contributed by atoms with Gasteiger partial charge in [-0.15, -0.1) is 0 Å². The van der Waals surface area contributed by atoms with Crippen molar-refractivity contribution in [2.24, 2.45) is 0 Å². The molecule has 63 heavy (non-hydrogen) atoms. The Bertz CT molecular complexity index is 4130. The van der Waals surface area contributed by atoms with Gasteiger partial charge in [-0.25, -0.2) is 9.38 Å². The van der Waals surface area contributed by atoms with Crippen molar-refractivity contribution in [3.05, 3.63) is 212 Å². The summed E-state index contributed by atoms with van der Waals surface area (Å²) in [6, 6.07) is 76.1. The Hall–Kier alpha value is -8.61. The van der Waals surface area contributed by atoms with E-state index in [0.29, 0.717) is 0 Å². The van der Waals surface area contributed by atoms with Crippen molar-refractivity contribution < 1.29 is 4.42 Å². The molecule has 6 nitrogen and oxygen atoms in total. The van der Waals surface area contributed by atoms with Gasteiger partial charge in [-0.2, -0.15) is 0 Å². The number of rotatable bonds is 5. The number of fused-ring (bicyclic) bond motifs is 13. The molecule has 5 aromatic heterocycles. The highest BCUT2D eigenvalue weighted by atomic mass is 16.3. The second-order valence-corrected chi connectivity index (χ2v) is 16.4. The summed E-state index contributed by atoms with van der Waals surface area (Å²) in [5.74, 6) is 0.824. The predicted molar refractivity (Wildman–Crippen MR) is 259 cm³/mol. The molecule has 0 aliphatic heterocycles. The zero-order valence-corrected chi connectivity index (χ0v) is 33.9. The molecule has 0 saturated carbocycles. The number of imidazole rings is 2. The molecule has 0 aliphatic rings. The largest absolute Gasteiger partial charge is 0.437 e. The van der Waals surface area contributed by atoms with Gasteiger partial charge in [0, 0.05) is 44.0 Å². The van der Waals surface area contributed by atoms with Gasteiger partial charge in [0.2, 0.25) is 11.5 Å². The number of benzene rings is 9. The van der Waals surface area contributed by atoms with E-state index in [1.165, 1.54) is 49.2 Å². The molecule has 0 N–H and O–H groups in total. The van der Waals surface area contributed by atoms with Gasteiger partial charge in [-0.3, -0.25) is 4.57 Å². The third kappa shape index (κ3) is 4.91. The Kier molecular flexibility index (Phi) is 7.02. The van der Waals surface area contributed by atoms with Crippen molar-refractivity contribution in [3.8, 4) is 39.3 Å². The lowest BCUT2D eigenvalue weighted by Gasteiger charge is -2.09. The topological polar surface area (TPSA) is 45.2 Å². The number of aromatic nitrogens is 5. The molecule has 5 heterocycles. The fraction of sp³-hybridized carbons (Fsp3) is 0. The van der Waals surface area contributed by atoms with E-state index in [1.54, 1.807) is 0 Å². The van der Waals surface area contributed by atoms with Crippen LogP contribution >= 0.6 is 0 Å². The van der Waals surface area contributed by atoms with Gasteiger partial charge in [-0.05, 0) is 125 Å². The van der Waals surface area contributed by atoms with E-state index >= 15 is 0 Å². The molecule has 0 atom stereocenters. The molecule has 0 fully saturated rings. The van der Waals surface area contributed by atoms with Gasteiger partial charge < -0.3 is 13.6 Å². The normalized spacial score (nSPS) is 12.1. The van der Waals surface area contributed by atoms with E-state index in [2.05, 4.69) is 212 Å². The Morgan fingerprint density at radius 3 is 1.33 bits per heavy atom. The Balaban J connectivity index is 0.951. The second kappa shape index (κ2) is 12.9. The van der Waals surface area contributed by atoms with E-state index in [1.807, 2.05) is 18.2 Å². The van der Waals surface area contributed by atoms with Crippen molar-refractivity contribution >= 4 is 82.6 Å². The van der Waals surface area contributed by atoms with Crippen molar-refractivity contribution in [1.29, 1.82) is 0 Å². The summed E-state index contributed by atoms with van der Waals surface area (Å²) < 4.78 is 15.7. The first-order valence-corrected chi connectivity index (χ1v) is 21.4. The van der Waals surface area contributed by atoms with Crippen LogP contribution < -0.4 is 0 Å². The molecule has 0 amide bonds. The van der Waals surface area contributed by atoms with Gasteiger partial charge in [0.25, 0.3) is 0 Å². The van der Waals surface area contributed by atoms with E-state index in [9.17, 15) is 0 Å². The molecule has 0 aliphatic carbocycles. The Morgan fingerprint density at radius 2 is 0.762 bits per heavy atom. The molecule has 0 radical (unpaired) electrons. The van der Waals surface area contributed by atoms with Crippen LogP contribution in [-0.4, -0.2) is 23.1 Å². The van der Waals surface area contributed by atoms with E-state index < -0.39 is 0 Å². The molecule has 14 rings (SSSR count). The SMILES string of the molecule is c1ccc(-n2c3ccccc3c3cc(-c4ccc5c(c4)c4cc(-c6ccc7c(c6)nc6n(-c8ccccc8)c8c9ccccc9oc8n76)ccc4n5-c4ccccc4)ccc32)cc1.